The Morgan fingerprint density at radius 3 is 2.23 bits per heavy atom. The molecule has 0 fully saturated rings. The van der Waals surface area contributed by atoms with Gasteiger partial charge in [0.15, 0.2) is 0 Å². The Hall–Kier alpha value is -1.51. The summed E-state index contributed by atoms with van der Waals surface area (Å²) in [4.78, 5) is 0. The molecule has 2 aromatic rings. The molecule has 118 valence electrons. The number of rotatable bonds is 6. The van der Waals surface area contributed by atoms with Gasteiger partial charge in [-0.15, -0.1) is 0 Å². The highest BCUT2D eigenvalue weighted by Crippen LogP contribution is 2.29. The molecule has 2 N–H and O–H groups in total. The summed E-state index contributed by atoms with van der Waals surface area (Å²) < 4.78 is 5.43. The van der Waals surface area contributed by atoms with E-state index in [0.717, 1.165) is 22.8 Å². The molecule has 0 saturated carbocycles. The third-order valence-corrected chi connectivity index (χ3v) is 4.30. The van der Waals surface area contributed by atoms with Gasteiger partial charge in [-0.05, 0) is 53.8 Å². The van der Waals surface area contributed by atoms with E-state index in [4.69, 9.17) is 22.1 Å². The number of hydrogen-bond donors (Lipinski definition) is 1. The van der Waals surface area contributed by atoms with Crippen molar-refractivity contribution < 1.29 is 4.74 Å². The molecule has 0 bridgehead atoms. The van der Waals surface area contributed by atoms with E-state index in [1.165, 1.54) is 11.1 Å². The summed E-state index contributed by atoms with van der Waals surface area (Å²) in [5.41, 5.74) is 9.71. The molecule has 0 aliphatic heterocycles. The Morgan fingerprint density at radius 2 is 1.68 bits per heavy atom. The van der Waals surface area contributed by atoms with E-state index in [1.807, 2.05) is 18.2 Å². The second kappa shape index (κ2) is 7.66. The summed E-state index contributed by atoms with van der Waals surface area (Å²) >= 11 is 6.12. The van der Waals surface area contributed by atoms with Gasteiger partial charge < -0.3 is 10.5 Å². The van der Waals surface area contributed by atoms with Gasteiger partial charge in [0, 0.05) is 10.9 Å². The first-order valence-electron chi connectivity index (χ1n) is 7.67. The average Bonchev–Trinajstić information content (AvgIpc) is 2.53. The smallest absolute Gasteiger partial charge is 0.122 e. The number of hydrogen-bond acceptors (Lipinski definition) is 2. The van der Waals surface area contributed by atoms with Crippen LogP contribution in [0.1, 0.15) is 42.4 Å². The number of halogens is 1. The van der Waals surface area contributed by atoms with Gasteiger partial charge in [0.2, 0.25) is 0 Å². The Morgan fingerprint density at radius 1 is 1.05 bits per heavy atom. The molecule has 0 saturated heterocycles. The lowest BCUT2D eigenvalue weighted by Crippen LogP contribution is -2.15. The van der Waals surface area contributed by atoms with E-state index >= 15 is 0 Å². The summed E-state index contributed by atoms with van der Waals surface area (Å²) in [6.45, 7) is 5.00. The molecule has 1 unspecified atom stereocenters. The van der Waals surface area contributed by atoms with Crippen molar-refractivity contribution in [1.82, 2.24) is 0 Å². The molecule has 0 aromatic heterocycles. The van der Waals surface area contributed by atoms with Crippen LogP contribution in [0.4, 0.5) is 0 Å². The first kappa shape index (κ1) is 16.9. The van der Waals surface area contributed by atoms with Crippen LogP contribution in [0, 0.1) is 0 Å². The van der Waals surface area contributed by atoms with E-state index in [0.29, 0.717) is 12.5 Å². The molecule has 3 heteroatoms. The Kier molecular flexibility index (Phi) is 5.87. The van der Waals surface area contributed by atoms with Crippen molar-refractivity contribution in [3.63, 3.8) is 0 Å². The maximum Gasteiger partial charge on any atom is 0.122 e. The molecule has 1 atom stereocenters. The second-order valence-corrected chi connectivity index (χ2v) is 6.35. The van der Waals surface area contributed by atoms with Crippen molar-refractivity contribution in [3.8, 4) is 5.75 Å². The largest absolute Gasteiger partial charge is 0.496 e. The zero-order valence-electron chi connectivity index (χ0n) is 13.5. The molecule has 0 amide bonds. The highest BCUT2D eigenvalue weighted by atomic mass is 35.5. The van der Waals surface area contributed by atoms with Crippen molar-refractivity contribution in [3.05, 3.63) is 64.2 Å². The van der Waals surface area contributed by atoms with E-state index < -0.39 is 0 Å². The van der Waals surface area contributed by atoms with Gasteiger partial charge in [0.1, 0.15) is 5.75 Å². The Bertz CT molecular complexity index is 607. The van der Waals surface area contributed by atoms with Crippen molar-refractivity contribution in [2.45, 2.75) is 32.1 Å². The Balaban J connectivity index is 2.23. The molecule has 2 nitrogen and oxygen atoms in total. The number of ether oxygens (including phenoxy) is 1. The molecule has 0 aliphatic rings. The minimum Gasteiger partial charge on any atom is -0.496 e. The van der Waals surface area contributed by atoms with E-state index in [9.17, 15) is 0 Å². The molecule has 2 aromatic carbocycles. The molecule has 22 heavy (non-hydrogen) atoms. The fraction of sp³-hybridized carbons (Fsp3) is 0.368. The van der Waals surface area contributed by atoms with Gasteiger partial charge in [0.05, 0.1) is 7.11 Å². The van der Waals surface area contributed by atoms with Gasteiger partial charge in [0.25, 0.3) is 0 Å². The predicted molar refractivity (Wildman–Crippen MR) is 94.0 cm³/mol. The van der Waals surface area contributed by atoms with E-state index in [-0.39, 0.29) is 5.92 Å². The molecule has 0 heterocycles. The topological polar surface area (TPSA) is 35.2 Å². The van der Waals surface area contributed by atoms with Crippen LogP contribution in [0.25, 0.3) is 0 Å². The van der Waals surface area contributed by atoms with Gasteiger partial charge in [-0.2, -0.15) is 0 Å². The van der Waals surface area contributed by atoms with Crippen LogP contribution >= 0.6 is 11.6 Å². The molecular formula is C19H24ClNO. The molecule has 0 aliphatic carbocycles. The van der Waals surface area contributed by atoms with Gasteiger partial charge >= 0.3 is 0 Å². The lowest BCUT2D eigenvalue weighted by Gasteiger charge is -2.18. The van der Waals surface area contributed by atoms with E-state index in [2.05, 4.69) is 38.1 Å². The standard InChI is InChI=1S/C19H24ClNO/c1-13(2)14-4-6-15(7-5-14)17(12-21)10-16-11-18(20)8-9-19(16)22-3/h4-9,11,13,17H,10,12,21H2,1-3H3. The van der Waals surface area contributed by atoms with Crippen LogP contribution in [0.2, 0.25) is 5.02 Å². The Labute approximate surface area is 138 Å². The second-order valence-electron chi connectivity index (χ2n) is 5.91. The molecule has 0 spiro atoms. The zero-order chi connectivity index (χ0) is 16.1. The summed E-state index contributed by atoms with van der Waals surface area (Å²) in [6, 6.07) is 14.5. The number of benzene rings is 2. The average molecular weight is 318 g/mol. The van der Waals surface area contributed by atoms with Crippen molar-refractivity contribution in [2.24, 2.45) is 5.73 Å². The molecule has 0 radical (unpaired) electrons. The maximum absolute atomic E-state index is 6.12. The van der Waals surface area contributed by atoms with Crippen molar-refractivity contribution in [2.75, 3.05) is 13.7 Å². The summed E-state index contributed by atoms with van der Waals surface area (Å²) in [6.07, 6.45) is 0.821. The normalized spacial score (nSPS) is 12.5. The van der Waals surface area contributed by atoms with Crippen LogP contribution in [-0.4, -0.2) is 13.7 Å². The maximum atomic E-state index is 6.12. The summed E-state index contributed by atoms with van der Waals surface area (Å²) in [5.74, 6) is 1.66. The minimum atomic E-state index is 0.258. The van der Waals surface area contributed by atoms with Gasteiger partial charge in [-0.3, -0.25) is 0 Å². The lowest BCUT2D eigenvalue weighted by molar-refractivity contribution is 0.408. The fourth-order valence-corrected chi connectivity index (χ4v) is 2.86. The number of nitrogens with two attached hydrogens (primary N) is 1. The number of methoxy groups -OCH3 is 1. The van der Waals surface area contributed by atoms with Crippen LogP contribution in [-0.2, 0) is 6.42 Å². The minimum absolute atomic E-state index is 0.258. The van der Waals surface area contributed by atoms with Crippen LogP contribution < -0.4 is 10.5 Å². The predicted octanol–water partition coefficient (Wildman–Crippen LogP) is 4.76. The highest BCUT2D eigenvalue weighted by molar-refractivity contribution is 6.30. The van der Waals surface area contributed by atoms with Crippen molar-refractivity contribution in [1.29, 1.82) is 0 Å². The third kappa shape index (κ3) is 4.02. The quantitative estimate of drug-likeness (QED) is 0.834. The van der Waals surface area contributed by atoms with Crippen LogP contribution in [0.3, 0.4) is 0 Å². The van der Waals surface area contributed by atoms with Crippen LogP contribution in [0.5, 0.6) is 5.75 Å². The van der Waals surface area contributed by atoms with Crippen molar-refractivity contribution >= 4 is 11.6 Å². The monoisotopic (exact) mass is 317 g/mol. The molecular weight excluding hydrogens is 294 g/mol. The summed E-state index contributed by atoms with van der Waals surface area (Å²) in [5, 5.41) is 0.724. The molecule has 2 rings (SSSR count). The van der Waals surface area contributed by atoms with Gasteiger partial charge in [-0.25, -0.2) is 0 Å². The first-order chi connectivity index (χ1) is 10.5. The lowest BCUT2D eigenvalue weighted by atomic mass is 9.90. The zero-order valence-corrected chi connectivity index (χ0v) is 14.2. The first-order valence-corrected chi connectivity index (χ1v) is 8.05. The SMILES string of the molecule is COc1ccc(Cl)cc1CC(CN)c1ccc(C(C)C)cc1. The summed E-state index contributed by atoms with van der Waals surface area (Å²) in [7, 11) is 1.68. The van der Waals surface area contributed by atoms with Gasteiger partial charge in [-0.1, -0.05) is 49.7 Å². The fourth-order valence-electron chi connectivity index (χ4n) is 2.66. The van der Waals surface area contributed by atoms with E-state index in [1.54, 1.807) is 7.11 Å². The third-order valence-electron chi connectivity index (χ3n) is 4.07. The highest BCUT2D eigenvalue weighted by Gasteiger charge is 2.14. The van der Waals surface area contributed by atoms with Crippen LogP contribution in [0.15, 0.2) is 42.5 Å².